The number of esters is 1. The normalized spacial score (nSPS) is 10.4. The summed E-state index contributed by atoms with van der Waals surface area (Å²) < 4.78 is 7.22. The lowest BCUT2D eigenvalue weighted by molar-refractivity contribution is 0.0533. The van der Waals surface area contributed by atoms with Gasteiger partial charge in [-0.25, -0.2) is 4.79 Å². The Kier molecular flexibility index (Phi) is 4.01. The van der Waals surface area contributed by atoms with Crippen LogP contribution in [0.1, 0.15) is 22.2 Å². The van der Waals surface area contributed by atoms with Gasteiger partial charge in [-0.15, -0.1) is 0 Å². The van der Waals surface area contributed by atoms with Gasteiger partial charge in [-0.3, -0.25) is 4.57 Å². The van der Waals surface area contributed by atoms with Gasteiger partial charge in [0.2, 0.25) is 0 Å². The Hall–Kier alpha value is -1.66. The Morgan fingerprint density at radius 3 is 2.79 bits per heavy atom. The number of hydrogen-bond acceptors (Lipinski definition) is 5. The fraction of sp³-hybridized carbons (Fsp3) is 0.231. The minimum absolute atomic E-state index is 0.313. The third-order valence-electron chi connectivity index (χ3n) is 2.66. The molecule has 0 saturated heterocycles. The number of nitrogen functional groups attached to an aromatic ring is 1. The summed E-state index contributed by atoms with van der Waals surface area (Å²) in [6, 6.07) is 7.74. The van der Waals surface area contributed by atoms with Crippen molar-refractivity contribution in [2.45, 2.75) is 13.8 Å². The molecule has 0 saturated carbocycles. The number of aromatic nitrogens is 1. The summed E-state index contributed by atoms with van der Waals surface area (Å²) >= 11 is 6.47. The van der Waals surface area contributed by atoms with Gasteiger partial charge in [-0.05, 0) is 37.7 Å². The minimum Gasteiger partial charge on any atom is -0.462 e. The molecule has 6 heteroatoms. The molecular formula is C13H14N2O2S2. The second-order valence-corrected chi connectivity index (χ2v) is 5.57. The molecule has 4 nitrogen and oxygen atoms in total. The third-order valence-corrected chi connectivity index (χ3v) is 4.03. The summed E-state index contributed by atoms with van der Waals surface area (Å²) in [6.07, 6.45) is 0. The standard InChI is InChI=1S/C13H14N2O2S2/c1-3-17-12(16)10-11(14)15(13(18)19-10)9-7-5-4-6-8(9)2/h4-7H,3,14H2,1-2H3. The van der Waals surface area contributed by atoms with Crippen LogP contribution in [0.15, 0.2) is 24.3 Å². The van der Waals surface area contributed by atoms with Gasteiger partial charge in [0.05, 0.1) is 12.3 Å². The number of ether oxygens (including phenoxy) is 1. The van der Waals surface area contributed by atoms with E-state index < -0.39 is 5.97 Å². The molecular weight excluding hydrogens is 280 g/mol. The van der Waals surface area contributed by atoms with E-state index >= 15 is 0 Å². The highest BCUT2D eigenvalue weighted by atomic mass is 32.1. The van der Waals surface area contributed by atoms with Crippen LogP contribution < -0.4 is 5.73 Å². The molecule has 0 radical (unpaired) electrons. The molecule has 0 atom stereocenters. The lowest BCUT2D eigenvalue weighted by Gasteiger charge is -2.09. The summed E-state index contributed by atoms with van der Waals surface area (Å²) in [4.78, 5) is 12.2. The van der Waals surface area contributed by atoms with Crippen LogP contribution in [0.3, 0.4) is 0 Å². The number of carbonyl (C=O) groups is 1. The quantitative estimate of drug-likeness (QED) is 0.697. The number of hydrogen-bond donors (Lipinski definition) is 1. The van der Waals surface area contributed by atoms with Gasteiger partial charge in [0, 0.05) is 0 Å². The lowest BCUT2D eigenvalue weighted by atomic mass is 10.2. The Balaban J connectivity index is 2.58. The Morgan fingerprint density at radius 1 is 1.47 bits per heavy atom. The maximum absolute atomic E-state index is 11.8. The zero-order valence-electron chi connectivity index (χ0n) is 10.7. The van der Waals surface area contributed by atoms with Crippen molar-refractivity contribution in [3.63, 3.8) is 0 Å². The van der Waals surface area contributed by atoms with Crippen molar-refractivity contribution < 1.29 is 9.53 Å². The summed E-state index contributed by atoms with van der Waals surface area (Å²) in [7, 11) is 0. The fourth-order valence-electron chi connectivity index (χ4n) is 1.77. The molecule has 100 valence electrons. The molecule has 0 fully saturated rings. The highest BCUT2D eigenvalue weighted by Gasteiger charge is 2.19. The molecule has 1 heterocycles. The van der Waals surface area contributed by atoms with Crippen molar-refractivity contribution in [1.82, 2.24) is 4.57 Å². The van der Waals surface area contributed by atoms with E-state index in [0.717, 1.165) is 11.3 Å². The highest BCUT2D eigenvalue weighted by molar-refractivity contribution is 7.73. The molecule has 0 amide bonds. The van der Waals surface area contributed by atoms with Crippen LogP contribution in [-0.4, -0.2) is 17.1 Å². The van der Waals surface area contributed by atoms with Crippen LogP contribution in [0.5, 0.6) is 0 Å². The van der Waals surface area contributed by atoms with Crippen molar-refractivity contribution >= 4 is 35.3 Å². The van der Waals surface area contributed by atoms with Crippen molar-refractivity contribution in [2.75, 3.05) is 12.3 Å². The topological polar surface area (TPSA) is 57.2 Å². The average molecular weight is 294 g/mol. The molecule has 0 aliphatic carbocycles. The number of aryl methyl sites for hydroxylation is 1. The number of thiazole rings is 1. The van der Waals surface area contributed by atoms with E-state index in [2.05, 4.69) is 0 Å². The first kappa shape index (κ1) is 13.8. The summed E-state index contributed by atoms with van der Waals surface area (Å²) in [5.74, 6) is -0.0915. The Morgan fingerprint density at radius 2 is 2.16 bits per heavy atom. The minimum atomic E-state index is -0.427. The first-order valence-electron chi connectivity index (χ1n) is 5.80. The summed E-state index contributed by atoms with van der Waals surface area (Å²) in [5.41, 5.74) is 7.97. The Labute approximate surface area is 120 Å². The van der Waals surface area contributed by atoms with Gasteiger partial charge < -0.3 is 10.5 Å². The van der Waals surface area contributed by atoms with Crippen molar-refractivity contribution in [3.8, 4) is 5.69 Å². The highest BCUT2D eigenvalue weighted by Crippen LogP contribution is 2.28. The SMILES string of the molecule is CCOC(=O)c1sc(=S)n(-c2ccccc2C)c1N. The average Bonchev–Trinajstić information content (AvgIpc) is 2.66. The Bertz CT molecular complexity index is 674. The van der Waals surface area contributed by atoms with Gasteiger partial charge in [0.25, 0.3) is 0 Å². The van der Waals surface area contributed by atoms with Crippen LogP contribution in [0, 0.1) is 10.9 Å². The molecule has 2 rings (SSSR count). The van der Waals surface area contributed by atoms with E-state index in [1.165, 1.54) is 11.3 Å². The van der Waals surface area contributed by atoms with Crippen molar-refractivity contribution in [2.24, 2.45) is 0 Å². The molecule has 0 aliphatic heterocycles. The number of nitrogens with zero attached hydrogens (tertiary/aromatic N) is 1. The number of anilines is 1. The van der Waals surface area contributed by atoms with E-state index in [9.17, 15) is 4.79 Å². The largest absolute Gasteiger partial charge is 0.462 e. The first-order valence-corrected chi connectivity index (χ1v) is 7.03. The van der Waals surface area contributed by atoms with Gasteiger partial charge in [-0.1, -0.05) is 29.5 Å². The van der Waals surface area contributed by atoms with Crippen LogP contribution in [-0.2, 0) is 4.74 Å². The van der Waals surface area contributed by atoms with Crippen LogP contribution in [0.4, 0.5) is 5.82 Å². The van der Waals surface area contributed by atoms with Crippen LogP contribution in [0.2, 0.25) is 0 Å². The molecule has 0 aliphatic rings. The molecule has 2 N–H and O–H groups in total. The smallest absolute Gasteiger partial charge is 0.352 e. The predicted octanol–water partition coefficient (Wildman–Crippen LogP) is 3.34. The lowest BCUT2D eigenvalue weighted by Crippen LogP contribution is -2.08. The maximum Gasteiger partial charge on any atom is 0.352 e. The molecule has 2 aromatic rings. The third kappa shape index (κ3) is 2.54. The molecule has 0 bridgehead atoms. The molecule has 1 aromatic carbocycles. The number of rotatable bonds is 3. The second-order valence-electron chi connectivity index (χ2n) is 3.92. The van der Waals surface area contributed by atoms with E-state index in [1.54, 1.807) is 11.5 Å². The van der Waals surface area contributed by atoms with Gasteiger partial charge in [-0.2, -0.15) is 0 Å². The van der Waals surface area contributed by atoms with E-state index in [-0.39, 0.29) is 0 Å². The van der Waals surface area contributed by atoms with E-state index in [0.29, 0.717) is 21.3 Å². The predicted molar refractivity (Wildman–Crippen MR) is 79.6 cm³/mol. The van der Waals surface area contributed by atoms with Crippen molar-refractivity contribution in [3.05, 3.63) is 38.7 Å². The number of para-hydroxylation sites is 1. The van der Waals surface area contributed by atoms with E-state index in [4.69, 9.17) is 22.7 Å². The zero-order valence-corrected chi connectivity index (χ0v) is 12.3. The molecule has 0 unspecified atom stereocenters. The van der Waals surface area contributed by atoms with Gasteiger partial charge in [0.15, 0.2) is 8.83 Å². The summed E-state index contributed by atoms with van der Waals surface area (Å²) in [6.45, 7) is 4.04. The number of nitrogens with two attached hydrogens (primary N) is 1. The fourth-order valence-corrected chi connectivity index (χ4v) is 3.02. The maximum atomic E-state index is 11.8. The second kappa shape index (κ2) is 5.54. The van der Waals surface area contributed by atoms with Crippen LogP contribution >= 0.6 is 23.6 Å². The monoisotopic (exact) mass is 294 g/mol. The number of benzene rings is 1. The van der Waals surface area contributed by atoms with E-state index in [1.807, 2.05) is 31.2 Å². The summed E-state index contributed by atoms with van der Waals surface area (Å²) in [5, 5.41) is 0. The van der Waals surface area contributed by atoms with Gasteiger partial charge in [0.1, 0.15) is 5.82 Å². The van der Waals surface area contributed by atoms with Gasteiger partial charge >= 0.3 is 5.97 Å². The number of carbonyl (C=O) groups excluding carboxylic acids is 1. The molecule has 0 spiro atoms. The molecule has 1 aromatic heterocycles. The molecule has 19 heavy (non-hydrogen) atoms. The zero-order chi connectivity index (χ0) is 14.0. The van der Waals surface area contributed by atoms with Crippen molar-refractivity contribution in [1.29, 1.82) is 0 Å². The van der Waals surface area contributed by atoms with Crippen LogP contribution in [0.25, 0.3) is 5.69 Å². The first-order chi connectivity index (χ1) is 9.06.